The van der Waals surface area contributed by atoms with Crippen molar-refractivity contribution in [3.8, 4) is 0 Å². The molecule has 0 saturated heterocycles. The van der Waals surface area contributed by atoms with E-state index in [4.69, 9.17) is 16.1 Å². The average Bonchev–Trinajstić information content (AvgIpc) is 2.83. The molecule has 0 spiro atoms. The van der Waals surface area contributed by atoms with Crippen molar-refractivity contribution < 1.29 is 4.53 Å². The molecule has 1 heterocycles. The van der Waals surface area contributed by atoms with E-state index in [2.05, 4.69) is 57.3 Å². The van der Waals surface area contributed by atoms with Gasteiger partial charge in [0.05, 0.1) is 11.1 Å². The Balaban J connectivity index is 2.42. The van der Waals surface area contributed by atoms with Gasteiger partial charge in [-0.3, -0.25) is 0 Å². The van der Waals surface area contributed by atoms with E-state index in [1.54, 1.807) is 0 Å². The first-order valence-corrected chi connectivity index (χ1v) is 11.7. The van der Waals surface area contributed by atoms with Crippen LogP contribution in [0.2, 0.25) is 13.1 Å². The highest BCUT2D eigenvalue weighted by Crippen LogP contribution is 2.42. The minimum atomic E-state index is -1.20. The van der Waals surface area contributed by atoms with Crippen LogP contribution in [0.5, 0.6) is 0 Å². The number of hydrogen-bond acceptors (Lipinski definition) is 3. The maximum absolute atomic E-state index is 6.72. The number of nitrogens with one attached hydrogen (secondary N) is 1. The van der Waals surface area contributed by atoms with Crippen LogP contribution in [0.1, 0.15) is 47.0 Å². The van der Waals surface area contributed by atoms with Gasteiger partial charge in [-0.05, 0) is 25.6 Å². The Bertz CT molecular complexity index is 582. The monoisotopic (exact) mass is 352 g/mol. The van der Waals surface area contributed by atoms with Gasteiger partial charge >= 0.3 is 0 Å². The molecule has 23 heavy (non-hydrogen) atoms. The largest absolute Gasteiger partial charge is 0.459 e. The van der Waals surface area contributed by atoms with E-state index in [-0.39, 0.29) is 11.5 Å². The van der Waals surface area contributed by atoms with E-state index < -0.39 is 9.04 Å². The average molecular weight is 353 g/mol. The molecule has 1 aliphatic carbocycles. The van der Waals surface area contributed by atoms with E-state index in [1.165, 1.54) is 29.7 Å². The maximum atomic E-state index is 6.72. The molecule has 3 nitrogen and oxygen atoms in total. The topological polar surface area (TPSA) is 33.6 Å². The van der Waals surface area contributed by atoms with Gasteiger partial charge in [-0.1, -0.05) is 58.2 Å². The summed E-state index contributed by atoms with van der Waals surface area (Å²) in [5.41, 5.74) is 4.54. The van der Waals surface area contributed by atoms with Crippen LogP contribution < -0.4 is 5.32 Å². The van der Waals surface area contributed by atoms with Crippen LogP contribution in [0, 0.1) is 5.41 Å². The fourth-order valence-electron chi connectivity index (χ4n) is 2.94. The van der Waals surface area contributed by atoms with Crippen molar-refractivity contribution in [2.75, 3.05) is 0 Å². The van der Waals surface area contributed by atoms with E-state index in [9.17, 15) is 0 Å². The van der Waals surface area contributed by atoms with Crippen LogP contribution in [-0.4, -0.2) is 20.8 Å². The predicted octanol–water partition coefficient (Wildman–Crippen LogP) is 4.87. The summed E-state index contributed by atoms with van der Waals surface area (Å²) in [7, 11) is -1.20. The van der Waals surface area contributed by atoms with Crippen LogP contribution in [-0.2, 0) is 4.53 Å². The lowest BCUT2D eigenvalue weighted by Gasteiger charge is -2.23. The van der Waals surface area contributed by atoms with Gasteiger partial charge < -0.3 is 9.84 Å². The molecule has 0 saturated carbocycles. The van der Waals surface area contributed by atoms with Gasteiger partial charge in [0, 0.05) is 22.3 Å². The highest BCUT2D eigenvalue weighted by molar-refractivity contribution is 6.49. The van der Waals surface area contributed by atoms with Crippen LogP contribution in [0.25, 0.3) is 0 Å². The summed E-state index contributed by atoms with van der Waals surface area (Å²) in [5.74, 6) is 0. The lowest BCUT2D eigenvalue weighted by molar-refractivity contribution is 0.352. The zero-order valence-corrected chi connectivity index (χ0v) is 17.1. The Morgan fingerprint density at radius 3 is 2.57 bits per heavy atom. The molecular weight excluding hydrogens is 324 g/mol. The summed E-state index contributed by atoms with van der Waals surface area (Å²) < 4.78 is 5.53. The highest BCUT2D eigenvalue weighted by Gasteiger charge is 2.36. The Morgan fingerprint density at radius 1 is 1.30 bits per heavy atom. The predicted molar refractivity (Wildman–Crippen MR) is 102 cm³/mol. The number of oxime groups is 1. The Hall–Kier alpha value is -1.00. The van der Waals surface area contributed by atoms with Gasteiger partial charge in [0.25, 0.3) is 9.04 Å². The summed E-state index contributed by atoms with van der Waals surface area (Å²) in [5, 5.41) is 8.74. The van der Waals surface area contributed by atoms with Gasteiger partial charge in [0.1, 0.15) is 5.71 Å². The zero-order chi connectivity index (χ0) is 17.2. The van der Waals surface area contributed by atoms with Crippen LogP contribution in [0.4, 0.5) is 0 Å². The van der Waals surface area contributed by atoms with Crippen molar-refractivity contribution >= 4 is 26.4 Å². The highest BCUT2D eigenvalue weighted by atomic mass is 35.5. The van der Waals surface area contributed by atoms with E-state index >= 15 is 0 Å². The molecule has 1 N–H and O–H groups in total. The lowest BCUT2D eigenvalue weighted by atomic mass is 9.86. The van der Waals surface area contributed by atoms with Crippen LogP contribution >= 0.6 is 11.6 Å². The number of fused-ring (bicyclic) bond motifs is 1. The number of allylic oxidation sites excluding steroid dienone is 4. The Kier molecular flexibility index (Phi) is 5.79. The van der Waals surface area contributed by atoms with Gasteiger partial charge in [-0.2, -0.15) is 0 Å². The fourth-order valence-corrected chi connectivity index (χ4v) is 3.60. The van der Waals surface area contributed by atoms with Crippen LogP contribution in [0.15, 0.2) is 39.2 Å². The number of hydrogen-bond donors (Lipinski definition) is 1. The summed E-state index contributed by atoms with van der Waals surface area (Å²) in [6.45, 7) is 13.1. The summed E-state index contributed by atoms with van der Waals surface area (Å²) >= 11 is 6.72. The molecule has 0 amide bonds. The lowest BCUT2D eigenvalue weighted by Crippen LogP contribution is -2.29. The molecule has 128 valence electrons. The van der Waals surface area contributed by atoms with Gasteiger partial charge in [0.2, 0.25) is 0 Å². The SMILES string of the molecule is CCCCC1NC(C(C)(C)C)=C2C=CC(=NO[SiH](C)C)C(Cl)=C21. The van der Waals surface area contributed by atoms with Crippen molar-refractivity contribution in [3.05, 3.63) is 34.0 Å². The first-order chi connectivity index (χ1) is 10.8. The molecule has 0 radical (unpaired) electrons. The minimum Gasteiger partial charge on any atom is -0.459 e. The van der Waals surface area contributed by atoms with Gasteiger partial charge in [0.15, 0.2) is 0 Å². The van der Waals surface area contributed by atoms with Crippen molar-refractivity contribution in [1.82, 2.24) is 5.32 Å². The fraction of sp³-hybridized carbons (Fsp3) is 0.611. The van der Waals surface area contributed by atoms with E-state index in [0.717, 1.165) is 17.2 Å². The maximum Gasteiger partial charge on any atom is 0.266 e. The normalized spacial score (nSPS) is 23.0. The third kappa shape index (κ3) is 4.10. The molecule has 0 bridgehead atoms. The molecule has 1 unspecified atom stereocenters. The van der Waals surface area contributed by atoms with Gasteiger partial charge in [-0.15, -0.1) is 5.16 Å². The number of rotatable bonds is 5. The molecule has 1 atom stereocenters. The summed E-state index contributed by atoms with van der Waals surface area (Å²) in [6.07, 6.45) is 7.58. The minimum absolute atomic E-state index is 0.0685. The van der Waals surface area contributed by atoms with Crippen molar-refractivity contribution in [2.24, 2.45) is 10.6 Å². The van der Waals surface area contributed by atoms with Crippen molar-refractivity contribution in [2.45, 2.75) is 66.1 Å². The zero-order valence-electron chi connectivity index (χ0n) is 15.2. The third-order valence-corrected chi connectivity index (χ3v) is 4.98. The number of halogens is 1. The first-order valence-electron chi connectivity index (χ1n) is 8.59. The van der Waals surface area contributed by atoms with Gasteiger partial charge in [-0.25, -0.2) is 0 Å². The number of unbranched alkanes of at least 4 members (excludes halogenated alkanes) is 1. The van der Waals surface area contributed by atoms with Crippen LogP contribution in [0.3, 0.4) is 0 Å². The van der Waals surface area contributed by atoms with E-state index in [1.807, 2.05) is 6.08 Å². The molecule has 2 aliphatic rings. The quantitative estimate of drug-likeness (QED) is 0.565. The van der Waals surface area contributed by atoms with E-state index in [0.29, 0.717) is 0 Å². The number of nitrogens with zero attached hydrogens (tertiary/aromatic N) is 1. The third-order valence-electron chi connectivity index (χ3n) is 4.05. The summed E-state index contributed by atoms with van der Waals surface area (Å²) in [6, 6.07) is 0.276. The molecule has 5 heteroatoms. The second kappa shape index (κ2) is 7.26. The second-order valence-electron chi connectivity index (χ2n) is 7.57. The summed E-state index contributed by atoms with van der Waals surface area (Å²) in [4.78, 5) is 0. The standard InChI is InChI=1S/C18H29ClN2OSi/c1-7-8-9-13-15-12(17(20-13)18(2,3)4)10-11-14(16(15)19)21-22-23(5)6/h10-11,13,20,23H,7-9H2,1-6H3. The molecule has 2 rings (SSSR count). The Labute approximate surface area is 147 Å². The molecule has 1 aliphatic heterocycles. The second-order valence-corrected chi connectivity index (χ2v) is 10.3. The molecule has 0 fully saturated rings. The molecule has 0 aromatic carbocycles. The first kappa shape index (κ1) is 18.3. The smallest absolute Gasteiger partial charge is 0.266 e. The Morgan fingerprint density at radius 2 is 2.00 bits per heavy atom. The van der Waals surface area contributed by atoms with Crippen molar-refractivity contribution in [1.29, 1.82) is 0 Å². The molecule has 0 aromatic heterocycles. The van der Waals surface area contributed by atoms with Crippen molar-refractivity contribution in [3.63, 3.8) is 0 Å². The molecule has 0 aromatic rings. The molecular formula is C18H29ClN2OSi.